The molecule has 0 aromatic heterocycles. The molecule has 15 heteroatoms. The van der Waals surface area contributed by atoms with Crippen molar-refractivity contribution in [2.45, 2.75) is 62.3 Å². The molecule has 0 saturated carbocycles. The highest BCUT2D eigenvalue weighted by atomic mass is 19.4. The Morgan fingerprint density at radius 1 is 0.830 bits per heavy atom. The van der Waals surface area contributed by atoms with E-state index in [1.54, 1.807) is 12.1 Å². The number of likely N-dealkylation sites (N-methyl/N-ethyl adjacent to an activating group) is 1. The third-order valence-electron chi connectivity index (χ3n) is 8.60. The lowest BCUT2D eigenvalue weighted by molar-refractivity contribution is -0.143. The lowest BCUT2D eigenvalue weighted by Crippen LogP contribution is -2.32. The van der Waals surface area contributed by atoms with Gasteiger partial charge in [-0.15, -0.1) is 0 Å². The molecule has 3 aromatic rings. The fourth-order valence-electron chi connectivity index (χ4n) is 6.52. The second-order valence-corrected chi connectivity index (χ2v) is 11.5. The molecule has 0 spiro atoms. The van der Waals surface area contributed by atoms with Gasteiger partial charge in [-0.2, -0.15) is 39.5 Å². The quantitative estimate of drug-likeness (QED) is 0.255. The molecule has 3 atom stereocenters. The number of amides is 2. The minimum Gasteiger partial charge on any atom is -0.496 e. The standard InChI is InChI=1S/C32H27F9N2O4/c1-42-28(17-12-19(31(36,37)38)14-20(13-17)32(39,40)41)25-8-7-24(43(25)29(42)46)22-15-18(30(33,34)35)5-6-21(22)23-11-16(4-10-27(44)45)3-9-26(23)47-2/h3,5-6,9,11-15,24-25,28H,4,7-8,10H2,1-2H3,(H,44,45)/t24-,25-,28+/m0/s1. The fourth-order valence-corrected chi connectivity index (χ4v) is 6.52. The highest BCUT2D eigenvalue weighted by Crippen LogP contribution is 2.52. The molecular weight excluding hydrogens is 647 g/mol. The molecule has 2 fully saturated rings. The van der Waals surface area contributed by atoms with Crippen molar-refractivity contribution in [1.82, 2.24) is 9.80 Å². The number of hydrogen-bond donors (Lipinski definition) is 1. The second-order valence-electron chi connectivity index (χ2n) is 11.5. The Kier molecular flexibility index (Phi) is 8.65. The van der Waals surface area contributed by atoms with E-state index in [2.05, 4.69) is 0 Å². The van der Waals surface area contributed by atoms with Gasteiger partial charge in [-0.05, 0) is 84.0 Å². The number of carbonyl (C=O) groups is 2. The number of fused-ring (bicyclic) bond motifs is 1. The number of carboxylic acids is 1. The number of methoxy groups -OCH3 is 1. The van der Waals surface area contributed by atoms with Gasteiger partial charge in [-0.1, -0.05) is 12.1 Å². The summed E-state index contributed by atoms with van der Waals surface area (Å²) in [6, 6.07) is 4.68. The topological polar surface area (TPSA) is 70.1 Å². The molecule has 2 saturated heterocycles. The molecule has 47 heavy (non-hydrogen) atoms. The molecule has 2 aliphatic heterocycles. The van der Waals surface area contributed by atoms with Gasteiger partial charge in [-0.3, -0.25) is 4.79 Å². The van der Waals surface area contributed by atoms with E-state index in [9.17, 15) is 49.1 Å². The third kappa shape index (κ3) is 6.57. The molecule has 252 valence electrons. The van der Waals surface area contributed by atoms with E-state index in [0.29, 0.717) is 23.3 Å². The summed E-state index contributed by atoms with van der Waals surface area (Å²) in [5, 5.41) is 9.12. The normalized spacial score (nSPS) is 20.1. The predicted octanol–water partition coefficient (Wildman–Crippen LogP) is 8.75. The molecule has 3 aromatic carbocycles. The van der Waals surface area contributed by atoms with Crippen LogP contribution in [0.2, 0.25) is 0 Å². The molecule has 1 N–H and O–H groups in total. The van der Waals surface area contributed by atoms with Crippen molar-refractivity contribution in [2.75, 3.05) is 14.2 Å². The van der Waals surface area contributed by atoms with Crippen LogP contribution in [0.25, 0.3) is 11.1 Å². The number of urea groups is 1. The smallest absolute Gasteiger partial charge is 0.416 e. The number of rotatable bonds is 7. The van der Waals surface area contributed by atoms with Crippen LogP contribution in [0, 0.1) is 0 Å². The van der Waals surface area contributed by atoms with E-state index in [0.717, 1.165) is 17.0 Å². The van der Waals surface area contributed by atoms with Gasteiger partial charge in [0.05, 0.1) is 41.9 Å². The number of aliphatic carboxylic acids is 1. The molecule has 6 nitrogen and oxygen atoms in total. The molecule has 2 aliphatic rings. The predicted molar refractivity (Wildman–Crippen MR) is 149 cm³/mol. The SMILES string of the molecule is COc1ccc(CCC(=O)O)cc1-c1ccc(C(F)(F)F)cc1[C@@H]1CC[C@H]2[C@@H](c3cc(C(F)(F)F)cc(C(F)(F)F)c3)N(C)C(=O)N12. The summed E-state index contributed by atoms with van der Waals surface area (Å²) in [5.41, 5.74) is -3.42. The van der Waals surface area contributed by atoms with Crippen LogP contribution in [0.15, 0.2) is 54.6 Å². The summed E-state index contributed by atoms with van der Waals surface area (Å²) in [6.07, 6.45) is -15.0. The maximum Gasteiger partial charge on any atom is 0.416 e. The number of nitrogens with zero attached hydrogens (tertiary/aromatic N) is 2. The van der Waals surface area contributed by atoms with Gasteiger partial charge in [0, 0.05) is 19.0 Å². The molecule has 0 unspecified atom stereocenters. The Balaban J connectivity index is 1.63. The van der Waals surface area contributed by atoms with Gasteiger partial charge >= 0.3 is 30.5 Å². The number of benzene rings is 3. The highest BCUT2D eigenvalue weighted by molar-refractivity contribution is 5.81. The first-order valence-electron chi connectivity index (χ1n) is 14.3. The van der Waals surface area contributed by atoms with Gasteiger partial charge in [0.2, 0.25) is 0 Å². The summed E-state index contributed by atoms with van der Waals surface area (Å²) in [4.78, 5) is 27.1. The monoisotopic (exact) mass is 674 g/mol. The Morgan fingerprint density at radius 2 is 1.45 bits per heavy atom. The molecule has 0 radical (unpaired) electrons. The van der Waals surface area contributed by atoms with Crippen LogP contribution in [0.1, 0.15) is 64.7 Å². The maximum absolute atomic E-state index is 14.0. The number of aryl methyl sites for hydroxylation is 1. The first-order valence-corrected chi connectivity index (χ1v) is 14.3. The third-order valence-corrected chi connectivity index (χ3v) is 8.60. The average molecular weight is 675 g/mol. The molecule has 0 aliphatic carbocycles. The van der Waals surface area contributed by atoms with Crippen LogP contribution >= 0.6 is 0 Å². The zero-order valence-corrected chi connectivity index (χ0v) is 24.7. The molecule has 2 heterocycles. The lowest BCUT2D eigenvalue weighted by atomic mass is 9.90. The number of hydrogen-bond acceptors (Lipinski definition) is 3. The zero-order valence-electron chi connectivity index (χ0n) is 24.7. The maximum atomic E-state index is 14.0. The van der Waals surface area contributed by atoms with E-state index in [1.807, 2.05) is 0 Å². The Bertz CT molecular complexity index is 1670. The van der Waals surface area contributed by atoms with E-state index < -0.39 is 70.9 Å². The van der Waals surface area contributed by atoms with Crippen LogP contribution in [0.5, 0.6) is 5.75 Å². The van der Waals surface area contributed by atoms with Gasteiger partial charge in [-0.25, -0.2) is 4.79 Å². The summed E-state index contributed by atoms with van der Waals surface area (Å²) >= 11 is 0. The number of carboxylic acid groups (broad SMARTS) is 1. The van der Waals surface area contributed by atoms with E-state index in [4.69, 9.17) is 9.84 Å². The van der Waals surface area contributed by atoms with E-state index >= 15 is 0 Å². The van der Waals surface area contributed by atoms with Gasteiger partial charge in [0.25, 0.3) is 0 Å². The molecule has 5 rings (SSSR count). The number of ether oxygens (including phenoxy) is 1. The van der Waals surface area contributed by atoms with Crippen molar-refractivity contribution in [3.63, 3.8) is 0 Å². The summed E-state index contributed by atoms with van der Waals surface area (Å²) in [6.45, 7) is 0. The molecular formula is C32H27F9N2O4. The van der Waals surface area contributed by atoms with Gasteiger partial charge < -0.3 is 19.6 Å². The lowest BCUT2D eigenvalue weighted by Gasteiger charge is -2.27. The van der Waals surface area contributed by atoms with Crippen LogP contribution in [0.4, 0.5) is 44.3 Å². The van der Waals surface area contributed by atoms with Crippen molar-refractivity contribution in [1.29, 1.82) is 0 Å². The minimum absolute atomic E-state index is 0.0115. The first kappa shape index (κ1) is 33.9. The summed E-state index contributed by atoms with van der Waals surface area (Å²) in [5.74, 6) is -0.824. The van der Waals surface area contributed by atoms with Crippen LogP contribution < -0.4 is 4.74 Å². The largest absolute Gasteiger partial charge is 0.496 e. The van der Waals surface area contributed by atoms with Crippen molar-refractivity contribution in [2.24, 2.45) is 0 Å². The fraction of sp³-hybridized carbons (Fsp3) is 0.375. The highest BCUT2D eigenvalue weighted by Gasteiger charge is 2.53. The van der Waals surface area contributed by atoms with E-state index in [1.165, 1.54) is 31.2 Å². The van der Waals surface area contributed by atoms with E-state index in [-0.39, 0.29) is 48.6 Å². The molecule has 2 amide bonds. The van der Waals surface area contributed by atoms with Crippen molar-refractivity contribution in [3.05, 3.63) is 88.0 Å². The Morgan fingerprint density at radius 3 is 2.00 bits per heavy atom. The number of alkyl halides is 9. The second kappa shape index (κ2) is 12.0. The Hall–Kier alpha value is -4.43. The Labute approximate surface area is 262 Å². The van der Waals surface area contributed by atoms with Gasteiger partial charge in [0.15, 0.2) is 0 Å². The number of halogens is 9. The average Bonchev–Trinajstić information content (AvgIpc) is 3.52. The van der Waals surface area contributed by atoms with Crippen molar-refractivity contribution >= 4 is 12.0 Å². The van der Waals surface area contributed by atoms with Crippen LogP contribution in [-0.4, -0.2) is 47.1 Å². The number of carbonyl (C=O) groups excluding carboxylic acids is 1. The zero-order chi connectivity index (χ0) is 34.6. The van der Waals surface area contributed by atoms with Crippen molar-refractivity contribution in [3.8, 4) is 16.9 Å². The minimum atomic E-state index is -5.12. The first-order chi connectivity index (χ1) is 21.8. The van der Waals surface area contributed by atoms with Gasteiger partial charge in [0.1, 0.15) is 5.75 Å². The van der Waals surface area contributed by atoms with Crippen LogP contribution in [0.3, 0.4) is 0 Å². The summed E-state index contributed by atoms with van der Waals surface area (Å²) < 4.78 is 129. The molecule has 0 bridgehead atoms. The van der Waals surface area contributed by atoms with Crippen molar-refractivity contribution < 1.29 is 58.9 Å². The summed E-state index contributed by atoms with van der Waals surface area (Å²) in [7, 11) is 2.55. The van der Waals surface area contributed by atoms with Crippen LogP contribution in [-0.2, 0) is 29.7 Å².